The van der Waals surface area contributed by atoms with E-state index in [1.807, 2.05) is 0 Å². The van der Waals surface area contributed by atoms with E-state index in [0.29, 0.717) is 6.42 Å². The minimum Gasteiger partial charge on any atom is -0.462 e. The van der Waals surface area contributed by atoms with Crippen molar-refractivity contribution in [3.05, 3.63) is 0 Å². The van der Waals surface area contributed by atoms with Gasteiger partial charge < -0.3 is 20.1 Å². The molecule has 0 amide bonds. The zero-order valence-electron chi connectivity index (χ0n) is 46.1. The number of rotatable bonds is 59. The highest BCUT2D eigenvalue weighted by molar-refractivity contribution is 7.47. The van der Waals surface area contributed by atoms with Crippen molar-refractivity contribution in [2.75, 3.05) is 26.4 Å². The van der Waals surface area contributed by atoms with Gasteiger partial charge in [0, 0.05) is 19.4 Å². The number of esters is 2. The van der Waals surface area contributed by atoms with E-state index in [4.69, 9.17) is 24.3 Å². The summed E-state index contributed by atoms with van der Waals surface area (Å²) in [5, 5.41) is 0. The SMILES string of the molecule is CCCCCCCCCCCCCCCCCCCCCCCCCCCCCCCCCCCCCCCC(=O)OC(COC(=O)CCCCCCCCCCCCC)COP(=O)(O)OCCN. The zero-order chi connectivity index (χ0) is 50.2. The van der Waals surface area contributed by atoms with E-state index in [1.54, 1.807) is 0 Å². The van der Waals surface area contributed by atoms with E-state index in [1.165, 1.54) is 270 Å². The molecule has 412 valence electrons. The molecule has 10 heteroatoms. The summed E-state index contributed by atoms with van der Waals surface area (Å²) in [5.74, 6) is -0.808. The van der Waals surface area contributed by atoms with Gasteiger partial charge in [0.05, 0.1) is 13.2 Å². The lowest BCUT2D eigenvalue weighted by Crippen LogP contribution is -2.29. The van der Waals surface area contributed by atoms with Crippen LogP contribution in [0.25, 0.3) is 0 Å². The minimum absolute atomic E-state index is 0.0583. The van der Waals surface area contributed by atoms with E-state index < -0.39 is 26.5 Å². The number of carbonyl (C=O) groups is 2. The standard InChI is InChI=1S/C59H118NO8P/c1-3-5-7-9-11-13-15-16-17-18-19-20-21-22-23-24-25-26-27-28-29-30-31-32-33-34-35-36-37-38-39-40-42-44-46-48-50-52-59(62)68-57(56-67-69(63,64)66-54-53-60)55-65-58(61)51-49-47-45-43-41-14-12-10-8-6-4-2/h57H,3-56,60H2,1-2H3,(H,63,64). The summed E-state index contributed by atoms with van der Waals surface area (Å²) in [5.41, 5.74) is 5.37. The number of unbranched alkanes of at least 4 members (excludes halogenated alkanes) is 46. The van der Waals surface area contributed by atoms with Crippen LogP contribution in [0.3, 0.4) is 0 Å². The monoisotopic (exact) mass is 1000 g/mol. The molecule has 0 aromatic heterocycles. The van der Waals surface area contributed by atoms with Crippen molar-refractivity contribution in [2.45, 2.75) is 341 Å². The van der Waals surface area contributed by atoms with Gasteiger partial charge in [-0.1, -0.05) is 309 Å². The second-order valence-electron chi connectivity index (χ2n) is 20.9. The van der Waals surface area contributed by atoms with Crippen LogP contribution in [0.15, 0.2) is 0 Å². The maximum absolute atomic E-state index is 12.7. The normalized spacial score (nSPS) is 12.9. The number of phosphoric ester groups is 1. The average molecular weight is 1000 g/mol. The summed E-state index contributed by atoms with van der Waals surface area (Å²) in [6.07, 6.45) is 63.5. The molecule has 0 aliphatic carbocycles. The number of carbonyl (C=O) groups excluding carboxylic acids is 2. The van der Waals surface area contributed by atoms with Crippen LogP contribution in [0.2, 0.25) is 0 Å². The van der Waals surface area contributed by atoms with Crippen molar-refractivity contribution in [1.29, 1.82) is 0 Å². The molecule has 0 aromatic carbocycles. The van der Waals surface area contributed by atoms with Crippen molar-refractivity contribution >= 4 is 19.8 Å². The molecule has 0 aliphatic heterocycles. The van der Waals surface area contributed by atoms with Gasteiger partial charge in [0.1, 0.15) is 6.61 Å². The van der Waals surface area contributed by atoms with Gasteiger partial charge in [0.25, 0.3) is 0 Å². The van der Waals surface area contributed by atoms with Crippen molar-refractivity contribution in [3.63, 3.8) is 0 Å². The molecule has 2 unspecified atom stereocenters. The molecule has 0 saturated carbocycles. The number of hydrogen-bond acceptors (Lipinski definition) is 8. The van der Waals surface area contributed by atoms with Gasteiger partial charge in [-0.15, -0.1) is 0 Å². The van der Waals surface area contributed by atoms with E-state index in [0.717, 1.165) is 32.1 Å². The van der Waals surface area contributed by atoms with Crippen molar-refractivity contribution in [1.82, 2.24) is 0 Å². The summed E-state index contributed by atoms with van der Waals surface area (Å²) >= 11 is 0. The molecule has 0 spiro atoms. The second kappa shape index (κ2) is 56.3. The Morgan fingerprint density at radius 2 is 0.623 bits per heavy atom. The van der Waals surface area contributed by atoms with Crippen LogP contribution in [-0.4, -0.2) is 49.3 Å². The molecule has 0 aliphatic rings. The lowest BCUT2D eigenvalue weighted by molar-refractivity contribution is -0.161. The predicted octanol–water partition coefficient (Wildman–Crippen LogP) is 19.1. The van der Waals surface area contributed by atoms with Gasteiger partial charge in [0.2, 0.25) is 0 Å². The summed E-state index contributed by atoms with van der Waals surface area (Å²) in [6.45, 7) is 3.79. The topological polar surface area (TPSA) is 134 Å². The largest absolute Gasteiger partial charge is 0.472 e. The number of ether oxygens (including phenoxy) is 2. The summed E-state index contributed by atoms with van der Waals surface area (Å²) in [4.78, 5) is 35.0. The van der Waals surface area contributed by atoms with Gasteiger partial charge in [-0.3, -0.25) is 18.6 Å². The zero-order valence-corrected chi connectivity index (χ0v) is 47.0. The summed E-state index contributed by atoms with van der Waals surface area (Å²) < 4.78 is 32.9. The molecule has 0 fully saturated rings. The van der Waals surface area contributed by atoms with Gasteiger partial charge >= 0.3 is 19.8 Å². The third-order valence-electron chi connectivity index (χ3n) is 14.0. The lowest BCUT2D eigenvalue weighted by atomic mass is 10.0. The number of phosphoric acid groups is 1. The Hall–Kier alpha value is -0.990. The van der Waals surface area contributed by atoms with E-state index in [-0.39, 0.29) is 38.6 Å². The highest BCUT2D eigenvalue weighted by Crippen LogP contribution is 2.43. The van der Waals surface area contributed by atoms with E-state index >= 15 is 0 Å². The molecule has 0 aromatic rings. The van der Waals surface area contributed by atoms with Crippen LogP contribution < -0.4 is 5.73 Å². The van der Waals surface area contributed by atoms with Gasteiger partial charge in [0.15, 0.2) is 6.10 Å². The first kappa shape index (κ1) is 68.0. The highest BCUT2D eigenvalue weighted by Gasteiger charge is 2.26. The Bertz CT molecular complexity index is 1090. The van der Waals surface area contributed by atoms with Crippen LogP contribution in [0, 0.1) is 0 Å². The molecule has 2 atom stereocenters. The molecule has 0 saturated heterocycles. The molecule has 0 radical (unpaired) electrons. The molecular weight excluding hydrogens is 882 g/mol. The van der Waals surface area contributed by atoms with E-state index in [9.17, 15) is 19.0 Å². The van der Waals surface area contributed by atoms with Gasteiger partial charge in [-0.05, 0) is 12.8 Å². The predicted molar refractivity (Wildman–Crippen MR) is 294 cm³/mol. The number of hydrogen-bond donors (Lipinski definition) is 2. The van der Waals surface area contributed by atoms with Gasteiger partial charge in [-0.25, -0.2) is 4.57 Å². The van der Waals surface area contributed by atoms with Crippen LogP contribution in [0.4, 0.5) is 0 Å². The first-order chi connectivity index (χ1) is 33.8. The Balaban J connectivity index is 3.68. The summed E-state index contributed by atoms with van der Waals surface area (Å²) in [7, 11) is -4.37. The molecule has 0 rings (SSSR count). The first-order valence-corrected chi connectivity index (χ1v) is 32.0. The Kier molecular flexibility index (Phi) is 55.5. The smallest absolute Gasteiger partial charge is 0.462 e. The molecule has 0 heterocycles. The lowest BCUT2D eigenvalue weighted by Gasteiger charge is -2.19. The van der Waals surface area contributed by atoms with Crippen LogP contribution in [-0.2, 0) is 32.7 Å². The quantitative estimate of drug-likeness (QED) is 0.0347. The molecule has 69 heavy (non-hydrogen) atoms. The maximum Gasteiger partial charge on any atom is 0.472 e. The van der Waals surface area contributed by atoms with Crippen LogP contribution in [0.5, 0.6) is 0 Å². The fourth-order valence-electron chi connectivity index (χ4n) is 9.46. The molecule has 3 N–H and O–H groups in total. The third kappa shape index (κ3) is 56.2. The highest BCUT2D eigenvalue weighted by atomic mass is 31.2. The molecule has 0 bridgehead atoms. The maximum atomic E-state index is 12.7. The Morgan fingerprint density at radius 3 is 0.884 bits per heavy atom. The minimum atomic E-state index is -4.37. The second-order valence-corrected chi connectivity index (χ2v) is 22.4. The average Bonchev–Trinajstić information content (AvgIpc) is 3.34. The van der Waals surface area contributed by atoms with Crippen molar-refractivity contribution in [2.24, 2.45) is 5.73 Å². The van der Waals surface area contributed by atoms with Crippen molar-refractivity contribution < 1.29 is 37.6 Å². The first-order valence-electron chi connectivity index (χ1n) is 30.5. The Morgan fingerprint density at radius 1 is 0.377 bits per heavy atom. The van der Waals surface area contributed by atoms with Gasteiger partial charge in [-0.2, -0.15) is 0 Å². The van der Waals surface area contributed by atoms with Crippen LogP contribution >= 0.6 is 7.82 Å². The fraction of sp³-hybridized carbons (Fsp3) is 0.966. The summed E-state index contributed by atoms with van der Waals surface area (Å²) in [6, 6.07) is 0. The van der Waals surface area contributed by atoms with E-state index in [2.05, 4.69) is 13.8 Å². The fourth-order valence-corrected chi connectivity index (χ4v) is 10.2. The molecule has 9 nitrogen and oxygen atoms in total. The third-order valence-corrected chi connectivity index (χ3v) is 15.0. The van der Waals surface area contributed by atoms with Crippen LogP contribution in [0.1, 0.15) is 335 Å². The number of nitrogens with two attached hydrogens (primary N) is 1. The molecular formula is C59H118NO8P. The Labute approximate surface area is 428 Å². The van der Waals surface area contributed by atoms with Crippen molar-refractivity contribution in [3.8, 4) is 0 Å².